The van der Waals surface area contributed by atoms with Gasteiger partial charge < -0.3 is 20.1 Å². The van der Waals surface area contributed by atoms with Gasteiger partial charge in [-0.25, -0.2) is 9.59 Å². The van der Waals surface area contributed by atoms with E-state index in [1.165, 1.54) is 0 Å². The second-order valence-electron chi connectivity index (χ2n) is 9.96. The number of carbonyl (C=O) groups is 3. The molecule has 0 fully saturated rings. The minimum atomic E-state index is -0.781. The number of hydrogen-bond donors (Lipinski definition) is 2. The molecule has 34 heavy (non-hydrogen) atoms. The molecule has 7 heteroatoms. The van der Waals surface area contributed by atoms with Crippen LogP contribution < -0.4 is 10.6 Å². The van der Waals surface area contributed by atoms with Crippen LogP contribution in [0.5, 0.6) is 0 Å². The van der Waals surface area contributed by atoms with Gasteiger partial charge in [0.05, 0.1) is 0 Å². The zero-order valence-electron chi connectivity index (χ0n) is 20.5. The molecule has 0 saturated carbocycles. The Morgan fingerprint density at radius 3 is 2.03 bits per heavy atom. The Morgan fingerprint density at radius 2 is 1.50 bits per heavy atom. The summed E-state index contributed by atoms with van der Waals surface area (Å²) in [5.41, 5.74) is 3.86. The maximum absolute atomic E-state index is 12.5. The monoisotopic (exact) mass is 466 g/mol. The summed E-state index contributed by atoms with van der Waals surface area (Å²) in [4.78, 5) is 37.2. The second kappa shape index (κ2) is 10.7. The summed E-state index contributed by atoms with van der Waals surface area (Å²) in [6, 6.07) is 15.4. The normalized spacial score (nSPS) is 13.6. The molecule has 0 radical (unpaired) electrons. The van der Waals surface area contributed by atoms with Crippen molar-refractivity contribution in [2.75, 3.05) is 13.2 Å². The predicted octanol–water partition coefficient (Wildman–Crippen LogP) is 4.40. The van der Waals surface area contributed by atoms with Crippen LogP contribution in [0, 0.1) is 5.92 Å². The molecule has 3 rings (SSSR count). The Labute approximate surface area is 201 Å². The van der Waals surface area contributed by atoms with Crippen LogP contribution in [-0.4, -0.2) is 42.8 Å². The van der Waals surface area contributed by atoms with Crippen LogP contribution in [0.2, 0.25) is 0 Å². The number of nitrogens with one attached hydrogen (secondary N) is 2. The van der Waals surface area contributed by atoms with Crippen molar-refractivity contribution >= 4 is 18.0 Å². The van der Waals surface area contributed by atoms with E-state index in [9.17, 15) is 14.4 Å². The van der Waals surface area contributed by atoms with E-state index < -0.39 is 29.6 Å². The van der Waals surface area contributed by atoms with Crippen LogP contribution in [0.3, 0.4) is 0 Å². The van der Waals surface area contributed by atoms with Crippen LogP contribution in [0.25, 0.3) is 11.1 Å². The van der Waals surface area contributed by atoms with Gasteiger partial charge >= 0.3 is 12.1 Å². The summed E-state index contributed by atoms with van der Waals surface area (Å²) in [7, 11) is 0. The minimum absolute atomic E-state index is 0.0606. The van der Waals surface area contributed by atoms with Crippen molar-refractivity contribution in [3.8, 4) is 11.1 Å². The number of esters is 1. The Bertz CT molecular complexity index is 996. The number of fused-ring (bicyclic) bond motifs is 3. The van der Waals surface area contributed by atoms with Gasteiger partial charge in [0, 0.05) is 5.92 Å². The first-order valence-corrected chi connectivity index (χ1v) is 11.7. The van der Waals surface area contributed by atoms with Crippen molar-refractivity contribution < 1.29 is 23.9 Å². The predicted molar refractivity (Wildman–Crippen MR) is 130 cm³/mol. The van der Waals surface area contributed by atoms with Crippen molar-refractivity contribution in [2.45, 2.75) is 58.6 Å². The second-order valence-corrected chi connectivity index (χ2v) is 9.96. The summed E-state index contributed by atoms with van der Waals surface area (Å²) in [5, 5.41) is 5.14. The Morgan fingerprint density at radius 1 is 0.941 bits per heavy atom. The van der Waals surface area contributed by atoms with Crippen molar-refractivity contribution in [3.05, 3.63) is 59.7 Å². The first kappa shape index (κ1) is 25.3. The molecule has 2 N–H and O–H groups in total. The Kier molecular flexibility index (Phi) is 7.97. The molecule has 0 aliphatic heterocycles. The van der Waals surface area contributed by atoms with E-state index in [0.29, 0.717) is 6.42 Å². The first-order valence-electron chi connectivity index (χ1n) is 11.7. The van der Waals surface area contributed by atoms with Crippen LogP contribution in [0.1, 0.15) is 58.1 Å². The third-order valence-corrected chi connectivity index (χ3v) is 5.47. The van der Waals surface area contributed by atoms with Crippen molar-refractivity contribution in [2.24, 2.45) is 5.92 Å². The van der Waals surface area contributed by atoms with Gasteiger partial charge in [0.2, 0.25) is 5.91 Å². The van der Waals surface area contributed by atoms with Gasteiger partial charge in [0.15, 0.2) is 0 Å². The molecule has 0 heterocycles. The topological polar surface area (TPSA) is 93.7 Å². The van der Waals surface area contributed by atoms with E-state index in [1.54, 1.807) is 20.8 Å². The molecule has 2 aromatic carbocycles. The quantitative estimate of drug-likeness (QED) is 0.563. The molecule has 0 aromatic heterocycles. The van der Waals surface area contributed by atoms with Gasteiger partial charge in [-0.05, 0) is 55.4 Å². The molecule has 7 nitrogen and oxygen atoms in total. The molecule has 1 aliphatic carbocycles. The number of hydrogen-bond acceptors (Lipinski definition) is 5. The number of rotatable bonds is 8. The van der Waals surface area contributed by atoms with E-state index in [1.807, 2.05) is 50.2 Å². The lowest BCUT2D eigenvalue weighted by Gasteiger charge is -2.25. The number of benzene rings is 2. The average Bonchev–Trinajstić information content (AvgIpc) is 3.08. The van der Waals surface area contributed by atoms with Gasteiger partial charge in [-0.2, -0.15) is 0 Å². The summed E-state index contributed by atoms with van der Waals surface area (Å²) in [5.74, 6) is -0.858. The molecule has 0 bridgehead atoms. The Balaban J connectivity index is 1.53. The maximum Gasteiger partial charge on any atom is 0.407 e. The van der Waals surface area contributed by atoms with E-state index >= 15 is 0 Å². The lowest BCUT2D eigenvalue weighted by molar-refractivity contribution is -0.159. The third kappa shape index (κ3) is 6.59. The van der Waals surface area contributed by atoms with Crippen molar-refractivity contribution in [3.63, 3.8) is 0 Å². The lowest BCUT2D eigenvalue weighted by atomic mass is 9.98. The fourth-order valence-electron chi connectivity index (χ4n) is 4.11. The van der Waals surface area contributed by atoms with E-state index in [0.717, 1.165) is 22.3 Å². The van der Waals surface area contributed by atoms with E-state index in [2.05, 4.69) is 22.8 Å². The molecular formula is C27H34N2O5. The van der Waals surface area contributed by atoms with Gasteiger partial charge in [0.1, 0.15) is 24.8 Å². The highest BCUT2D eigenvalue weighted by molar-refractivity contribution is 5.87. The van der Waals surface area contributed by atoms with Crippen LogP contribution in [0.15, 0.2) is 48.5 Å². The molecule has 0 unspecified atom stereocenters. The summed E-state index contributed by atoms with van der Waals surface area (Å²) >= 11 is 0. The highest BCUT2D eigenvalue weighted by Gasteiger charge is 2.30. The fourth-order valence-corrected chi connectivity index (χ4v) is 4.11. The van der Waals surface area contributed by atoms with Gasteiger partial charge in [-0.15, -0.1) is 0 Å². The van der Waals surface area contributed by atoms with Gasteiger partial charge in [0.25, 0.3) is 0 Å². The number of carbonyl (C=O) groups excluding carboxylic acids is 3. The zero-order chi connectivity index (χ0) is 24.9. The largest absolute Gasteiger partial charge is 0.458 e. The highest BCUT2D eigenvalue weighted by atomic mass is 16.6. The van der Waals surface area contributed by atoms with Crippen molar-refractivity contribution in [1.82, 2.24) is 10.6 Å². The smallest absolute Gasteiger partial charge is 0.407 e. The summed E-state index contributed by atoms with van der Waals surface area (Å²) in [6.45, 7) is 9.11. The maximum atomic E-state index is 12.5. The molecule has 182 valence electrons. The molecule has 2 amide bonds. The fraction of sp³-hybridized carbons (Fsp3) is 0.444. The average molecular weight is 467 g/mol. The molecule has 0 saturated heterocycles. The van der Waals surface area contributed by atoms with Crippen LogP contribution >= 0.6 is 0 Å². The molecular weight excluding hydrogens is 432 g/mol. The molecule has 1 aliphatic rings. The third-order valence-electron chi connectivity index (χ3n) is 5.47. The number of ether oxygens (including phenoxy) is 2. The zero-order valence-corrected chi connectivity index (χ0v) is 20.5. The highest BCUT2D eigenvalue weighted by Crippen LogP contribution is 2.44. The number of amides is 2. The minimum Gasteiger partial charge on any atom is -0.458 e. The van der Waals surface area contributed by atoms with Crippen molar-refractivity contribution in [1.29, 1.82) is 0 Å². The first-order chi connectivity index (χ1) is 16.0. The van der Waals surface area contributed by atoms with Gasteiger partial charge in [-0.1, -0.05) is 62.4 Å². The van der Waals surface area contributed by atoms with Crippen LogP contribution in [-0.2, 0) is 19.1 Å². The van der Waals surface area contributed by atoms with Crippen LogP contribution in [0.4, 0.5) is 4.79 Å². The molecule has 2 aromatic rings. The standard InChI is InChI=1S/C27H34N2O5/c1-17(2)14-23(25(31)34-27(3,4)5)29-24(30)15-28-26(32)33-16-22-20-12-8-6-10-18(20)19-11-7-9-13-21(19)22/h6-13,17,22-23H,14-16H2,1-5H3,(H,28,32)(H,29,30)/t23-/m0/s1. The van der Waals surface area contributed by atoms with Gasteiger partial charge in [-0.3, -0.25) is 4.79 Å². The summed E-state index contributed by atoms with van der Waals surface area (Å²) in [6.07, 6.45) is -0.249. The molecule has 0 spiro atoms. The Hall–Kier alpha value is -3.35. The lowest BCUT2D eigenvalue weighted by Crippen LogP contribution is -2.48. The van der Waals surface area contributed by atoms with E-state index in [-0.39, 0.29) is 25.0 Å². The molecule has 1 atom stereocenters. The number of alkyl carbamates (subject to hydrolysis) is 1. The van der Waals surface area contributed by atoms with E-state index in [4.69, 9.17) is 9.47 Å². The summed E-state index contributed by atoms with van der Waals surface area (Å²) < 4.78 is 10.9. The SMILES string of the molecule is CC(C)C[C@H](NC(=O)CNC(=O)OCC1c2ccccc2-c2ccccc21)C(=O)OC(C)(C)C.